The monoisotopic (exact) mass is 221 g/mol. The van der Waals surface area contributed by atoms with E-state index in [1.54, 1.807) is 19.1 Å². The Balaban J connectivity index is 2.88. The van der Waals surface area contributed by atoms with E-state index >= 15 is 0 Å². The van der Waals surface area contributed by atoms with Crippen molar-refractivity contribution in [3.63, 3.8) is 0 Å². The van der Waals surface area contributed by atoms with Crippen molar-refractivity contribution in [2.45, 2.75) is 11.8 Å². The number of benzene rings is 2. The van der Waals surface area contributed by atoms with Crippen molar-refractivity contribution in [1.29, 1.82) is 0 Å². The van der Waals surface area contributed by atoms with Gasteiger partial charge in [-0.25, -0.2) is 13.6 Å². The van der Waals surface area contributed by atoms with Crippen LogP contribution in [0.2, 0.25) is 0 Å². The lowest BCUT2D eigenvalue weighted by Gasteiger charge is -2.06. The first-order valence-electron chi connectivity index (χ1n) is 4.51. The molecule has 0 fully saturated rings. The van der Waals surface area contributed by atoms with E-state index in [1.165, 1.54) is 0 Å². The Morgan fingerprint density at radius 1 is 1.07 bits per heavy atom. The van der Waals surface area contributed by atoms with Crippen molar-refractivity contribution < 1.29 is 8.42 Å². The highest BCUT2D eigenvalue weighted by atomic mass is 32.2. The van der Waals surface area contributed by atoms with E-state index in [2.05, 4.69) is 0 Å². The third-order valence-corrected chi connectivity index (χ3v) is 3.51. The lowest BCUT2D eigenvalue weighted by molar-refractivity contribution is 0.597. The van der Waals surface area contributed by atoms with Gasteiger partial charge in [-0.1, -0.05) is 30.3 Å². The van der Waals surface area contributed by atoms with Crippen molar-refractivity contribution in [3.05, 3.63) is 42.0 Å². The SMILES string of the molecule is Cc1c(S(N)(=O)=O)ccc2ccccc12. The topological polar surface area (TPSA) is 60.2 Å². The summed E-state index contributed by atoms with van der Waals surface area (Å²) in [5.41, 5.74) is 0.704. The van der Waals surface area contributed by atoms with Gasteiger partial charge in [0.25, 0.3) is 0 Å². The Kier molecular flexibility index (Phi) is 2.25. The van der Waals surface area contributed by atoms with Crippen LogP contribution in [-0.4, -0.2) is 8.42 Å². The molecule has 78 valence electrons. The molecule has 0 unspecified atom stereocenters. The molecule has 4 heteroatoms. The van der Waals surface area contributed by atoms with Gasteiger partial charge in [0, 0.05) is 0 Å². The Hall–Kier alpha value is -1.39. The Bertz CT molecular complexity index is 618. The Morgan fingerprint density at radius 2 is 1.73 bits per heavy atom. The molecule has 2 aromatic carbocycles. The van der Waals surface area contributed by atoms with Gasteiger partial charge in [0.1, 0.15) is 0 Å². The molecule has 3 nitrogen and oxygen atoms in total. The molecule has 0 aliphatic heterocycles. The third kappa shape index (κ3) is 1.73. The molecule has 0 saturated heterocycles. The quantitative estimate of drug-likeness (QED) is 0.798. The maximum Gasteiger partial charge on any atom is 0.238 e. The summed E-state index contributed by atoms with van der Waals surface area (Å²) in [5, 5.41) is 7.06. The van der Waals surface area contributed by atoms with Crippen molar-refractivity contribution in [3.8, 4) is 0 Å². The standard InChI is InChI=1S/C11H11NO2S/c1-8-10-5-3-2-4-9(10)6-7-11(8)15(12,13)14/h2-7H,1H3,(H2,12,13,14). The van der Waals surface area contributed by atoms with Crippen LogP contribution in [0.25, 0.3) is 10.8 Å². The minimum atomic E-state index is -3.62. The number of aryl methyl sites for hydroxylation is 1. The minimum absolute atomic E-state index is 0.196. The van der Waals surface area contributed by atoms with Crippen LogP contribution < -0.4 is 5.14 Å². The predicted molar refractivity (Wildman–Crippen MR) is 60.1 cm³/mol. The molecule has 15 heavy (non-hydrogen) atoms. The molecule has 2 aromatic rings. The van der Waals surface area contributed by atoms with Gasteiger partial charge >= 0.3 is 0 Å². The second-order valence-corrected chi connectivity index (χ2v) is 4.98. The lowest BCUT2D eigenvalue weighted by Crippen LogP contribution is -2.13. The number of primary sulfonamides is 1. The number of fused-ring (bicyclic) bond motifs is 1. The third-order valence-electron chi connectivity index (χ3n) is 2.46. The van der Waals surface area contributed by atoms with Gasteiger partial charge in [-0.2, -0.15) is 0 Å². The fourth-order valence-electron chi connectivity index (χ4n) is 1.72. The van der Waals surface area contributed by atoms with Gasteiger partial charge in [0.15, 0.2) is 0 Å². The highest BCUT2D eigenvalue weighted by Crippen LogP contribution is 2.23. The summed E-state index contributed by atoms with van der Waals surface area (Å²) in [7, 11) is -3.62. The molecule has 0 radical (unpaired) electrons. The number of hydrogen-bond acceptors (Lipinski definition) is 2. The average Bonchev–Trinajstić information content (AvgIpc) is 2.16. The Labute approximate surface area is 88.6 Å². The maximum absolute atomic E-state index is 11.3. The van der Waals surface area contributed by atoms with E-state index < -0.39 is 10.0 Å². The molecule has 2 N–H and O–H groups in total. The molecular formula is C11H11NO2S. The smallest absolute Gasteiger partial charge is 0.225 e. The van der Waals surface area contributed by atoms with Crippen molar-refractivity contribution in [2.75, 3.05) is 0 Å². The zero-order valence-electron chi connectivity index (χ0n) is 8.27. The zero-order valence-corrected chi connectivity index (χ0v) is 9.08. The predicted octanol–water partition coefficient (Wildman–Crippen LogP) is 1.80. The molecule has 0 amide bonds. The van der Waals surface area contributed by atoms with Gasteiger partial charge in [-0.3, -0.25) is 0 Å². The van der Waals surface area contributed by atoms with Crippen molar-refractivity contribution >= 4 is 20.8 Å². The van der Waals surface area contributed by atoms with Crippen LogP contribution in [0.3, 0.4) is 0 Å². The maximum atomic E-state index is 11.3. The van der Waals surface area contributed by atoms with Crippen LogP contribution in [0.4, 0.5) is 0 Å². The van der Waals surface area contributed by atoms with E-state index in [4.69, 9.17) is 5.14 Å². The van der Waals surface area contributed by atoms with Gasteiger partial charge in [0.2, 0.25) is 10.0 Å². The number of sulfonamides is 1. The summed E-state index contributed by atoms with van der Waals surface area (Å²) in [4.78, 5) is 0.196. The van der Waals surface area contributed by atoms with Gasteiger partial charge < -0.3 is 0 Å². The normalized spacial score (nSPS) is 11.9. The van der Waals surface area contributed by atoms with Crippen LogP contribution in [0, 0.1) is 6.92 Å². The average molecular weight is 221 g/mol. The fourth-order valence-corrected chi connectivity index (χ4v) is 2.51. The van der Waals surface area contributed by atoms with Gasteiger partial charge in [0.05, 0.1) is 4.90 Å². The number of hydrogen-bond donors (Lipinski definition) is 1. The molecule has 0 aromatic heterocycles. The summed E-state index contributed by atoms with van der Waals surface area (Å²) in [5.74, 6) is 0. The van der Waals surface area contributed by atoms with Crippen molar-refractivity contribution in [1.82, 2.24) is 0 Å². The number of nitrogens with two attached hydrogens (primary N) is 1. The molecule has 0 atom stereocenters. The van der Waals surface area contributed by atoms with Crippen LogP contribution in [0.1, 0.15) is 5.56 Å². The van der Waals surface area contributed by atoms with Crippen LogP contribution >= 0.6 is 0 Å². The largest absolute Gasteiger partial charge is 0.238 e. The van der Waals surface area contributed by atoms with E-state index in [1.807, 2.05) is 24.3 Å². The van der Waals surface area contributed by atoms with E-state index in [9.17, 15) is 8.42 Å². The minimum Gasteiger partial charge on any atom is -0.225 e. The number of rotatable bonds is 1. The van der Waals surface area contributed by atoms with Gasteiger partial charge in [-0.05, 0) is 29.3 Å². The summed E-state index contributed by atoms with van der Waals surface area (Å²) in [6, 6.07) is 10.9. The van der Waals surface area contributed by atoms with Crippen molar-refractivity contribution in [2.24, 2.45) is 5.14 Å². The van der Waals surface area contributed by atoms with E-state index in [0.717, 1.165) is 10.8 Å². The molecule has 0 aliphatic carbocycles. The van der Waals surface area contributed by atoms with E-state index in [0.29, 0.717) is 5.56 Å². The lowest BCUT2D eigenvalue weighted by atomic mass is 10.1. The Morgan fingerprint density at radius 3 is 2.40 bits per heavy atom. The summed E-state index contributed by atoms with van der Waals surface area (Å²) in [6.45, 7) is 1.77. The first kappa shape index (κ1) is 10.1. The molecule has 0 saturated carbocycles. The zero-order chi connectivity index (χ0) is 11.1. The molecular weight excluding hydrogens is 210 g/mol. The summed E-state index contributed by atoms with van der Waals surface area (Å²) >= 11 is 0. The van der Waals surface area contributed by atoms with E-state index in [-0.39, 0.29) is 4.90 Å². The van der Waals surface area contributed by atoms with Gasteiger partial charge in [-0.15, -0.1) is 0 Å². The summed E-state index contributed by atoms with van der Waals surface area (Å²) < 4.78 is 22.6. The highest BCUT2D eigenvalue weighted by molar-refractivity contribution is 7.89. The second-order valence-electron chi connectivity index (χ2n) is 3.45. The molecule has 2 rings (SSSR count). The first-order chi connectivity index (χ1) is 7.00. The van der Waals surface area contributed by atoms with Crippen LogP contribution in [0.5, 0.6) is 0 Å². The highest BCUT2D eigenvalue weighted by Gasteiger charge is 2.12. The first-order valence-corrected chi connectivity index (χ1v) is 6.06. The second kappa shape index (κ2) is 3.32. The summed E-state index contributed by atoms with van der Waals surface area (Å²) in [6.07, 6.45) is 0. The van der Waals surface area contributed by atoms with Crippen LogP contribution in [-0.2, 0) is 10.0 Å². The molecule has 0 spiro atoms. The molecule has 0 bridgehead atoms. The molecule has 0 aliphatic rings. The molecule has 0 heterocycles. The fraction of sp³-hybridized carbons (Fsp3) is 0.0909. The van der Waals surface area contributed by atoms with Crippen LogP contribution in [0.15, 0.2) is 41.3 Å².